The van der Waals surface area contributed by atoms with Crippen molar-refractivity contribution in [2.75, 3.05) is 36.9 Å². The Morgan fingerprint density at radius 2 is 1.95 bits per heavy atom. The summed E-state index contributed by atoms with van der Waals surface area (Å²) in [5.74, 6) is -1.81. The van der Waals surface area contributed by atoms with Crippen molar-refractivity contribution in [1.82, 2.24) is 15.3 Å². The predicted octanol–water partition coefficient (Wildman–Crippen LogP) is 5.63. The van der Waals surface area contributed by atoms with Gasteiger partial charge in [0, 0.05) is 42.4 Å². The van der Waals surface area contributed by atoms with Crippen molar-refractivity contribution in [2.45, 2.75) is 44.5 Å². The van der Waals surface area contributed by atoms with Crippen LogP contribution >= 0.6 is 11.6 Å². The van der Waals surface area contributed by atoms with E-state index in [9.17, 15) is 27.5 Å². The molecule has 1 aromatic heterocycles. The molecule has 2 aliphatic heterocycles. The third-order valence-corrected chi connectivity index (χ3v) is 8.08. The number of halogens is 5. The number of benzene rings is 2. The van der Waals surface area contributed by atoms with Crippen LogP contribution in [0.25, 0.3) is 11.1 Å². The number of rotatable bonds is 8. The average molecular weight is 624 g/mol. The van der Waals surface area contributed by atoms with Gasteiger partial charge in [-0.25, -0.2) is 4.39 Å². The molecule has 2 atom stereocenters. The number of carboxylic acids is 1. The number of alkyl halides is 3. The first-order valence-electron chi connectivity index (χ1n) is 13.7. The second-order valence-electron chi connectivity index (χ2n) is 10.8. The first kappa shape index (κ1) is 30.6. The maximum atomic E-state index is 14.6. The Hall–Kier alpha value is -3.84. The van der Waals surface area contributed by atoms with Crippen molar-refractivity contribution in [3.63, 3.8) is 0 Å². The van der Waals surface area contributed by atoms with Gasteiger partial charge in [-0.2, -0.15) is 23.1 Å². The summed E-state index contributed by atoms with van der Waals surface area (Å²) >= 11 is 6.16. The van der Waals surface area contributed by atoms with Gasteiger partial charge in [-0.3, -0.25) is 4.79 Å². The van der Waals surface area contributed by atoms with Gasteiger partial charge in [0.15, 0.2) is 0 Å². The van der Waals surface area contributed by atoms with Gasteiger partial charge < -0.3 is 30.5 Å². The minimum atomic E-state index is -4.91. The number of piperidine rings is 1. The summed E-state index contributed by atoms with van der Waals surface area (Å²) in [6.45, 7) is 3.50. The van der Waals surface area contributed by atoms with Gasteiger partial charge in [-0.1, -0.05) is 17.7 Å². The van der Waals surface area contributed by atoms with Gasteiger partial charge in [0.05, 0.1) is 6.61 Å². The molecule has 0 amide bonds. The minimum absolute atomic E-state index is 0.00342. The number of nitrogens with one attached hydrogen (secondary N) is 1. The summed E-state index contributed by atoms with van der Waals surface area (Å²) in [4.78, 5) is 21.4. The number of hydrogen-bond acceptors (Lipinski definition) is 8. The fourth-order valence-electron chi connectivity index (χ4n) is 5.74. The number of hydrogen-bond donors (Lipinski definition) is 3. The topological polar surface area (TPSA) is 123 Å². The number of aromatic nitrogens is 2. The lowest BCUT2D eigenvalue weighted by atomic mass is 9.76. The number of carboxylic acid groups (broad SMARTS) is 1. The van der Waals surface area contributed by atoms with Crippen LogP contribution in [0.5, 0.6) is 11.6 Å². The van der Waals surface area contributed by atoms with Gasteiger partial charge in [-0.05, 0) is 67.0 Å². The highest BCUT2D eigenvalue weighted by molar-refractivity contribution is 6.30. The van der Waals surface area contributed by atoms with E-state index in [1.54, 1.807) is 6.92 Å². The quantitative estimate of drug-likeness (QED) is 0.274. The summed E-state index contributed by atoms with van der Waals surface area (Å²) in [6, 6.07) is 8.13. The molecule has 5 rings (SSSR count). The van der Waals surface area contributed by atoms with E-state index in [1.165, 1.54) is 30.3 Å². The molecule has 2 saturated heterocycles. The molecule has 3 aromatic rings. The lowest BCUT2D eigenvalue weighted by Crippen LogP contribution is -2.41. The predicted molar refractivity (Wildman–Crippen MR) is 152 cm³/mol. The van der Waals surface area contributed by atoms with Gasteiger partial charge in [-0.15, -0.1) is 0 Å². The summed E-state index contributed by atoms with van der Waals surface area (Å²) in [5.41, 5.74) is 5.53. The molecule has 2 aliphatic rings. The summed E-state index contributed by atoms with van der Waals surface area (Å²) in [6.07, 6.45) is -5.58. The largest absolute Gasteiger partial charge is 0.494 e. The van der Waals surface area contributed by atoms with Gasteiger partial charge >= 0.3 is 12.1 Å². The molecule has 1 spiro atoms. The number of ether oxygens (including phenoxy) is 2. The highest BCUT2D eigenvalue weighted by Crippen LogP contribution is 2.44. The van der Waals surface area contributed by atoms with Crippen molar-refractivity contribution >= 4 is 29.3 Å². The van der Waals surface area contributed by atoms with Crippen LogP contribution in [-0.4, -0.2) is 59.5 Å². The molecule has 14 heteroatoms. The number of anilines is 2. The van der Waals surface area contributed by atoms with Crippen molar-refractivity contribution in [1.29, 1.82) is 0 Å². The normalized spacial score (nSPS) is 18.9. The van der Waals surface area contributed by atoms with Crippen molar-refractivity contribution < 1.29 is 36.9 Å². The molecule has 9 nitrogen and oxygen atoms in total. The first-order chi connectivity index (χ1) is 20.4. The number of aliphatic carboxylic acids is 1. The fraction of sp³-hybridized carbons (Fsp3) is 0.414. The van der Waals surface area contributed by atoms with E-state index in [1.807, 2.05) is 4.90 Å². The lowest BCUT2D eigenvalue weighted by Gasteiger charge is -2.39. The highest BCUT2D eigenvalue weighted by Gasteiger charge is 2.46. The number of nitrogens with two attached hydrogens (primary N) is 1. The number of nitrogen functional groups attached to an aromatic ring is 1. The van der Waals surface area contributed by atoms with E-state index in [2.05, 4.69) is 15.3 Å². The zero-order chi connectivity index (χ0) is 30.9. The van der Waals surface area contributed by atoms with E-state index in [0.29, 0.717) is 44.7 Å². The Balaban J connectivity index is 1.43. The molecule has 2 fully saturated rings. The Bertz CT molecular complexity index is 1500. The zero-order valence-electron chi connectivity index (χ0n) is 23.1. The van der Waals surface area contributed by atoms with E-state index in [-0.39, 0.29) is 45.4 Å². The zero-order valence-corrected chi connectivity index (χ0v) is 23.9. The van der Waals surface area contributed by atoms with Crippen LogP contribution in [0.4, 0.5) is 29.3 Å². The maximum absolute atomic E-state index is 14.6. The maximum Gasteiger partial charge on any atom is 0.429 e. The fourth-order valence-corrected chi connectivity index (χ4v) is 5.91. The molecule has 0 aliphatic carbocycles. The van der Waals surface area contributed by atoms with Crippen LogP contribution in [-0.2, 0) is 4.79 Å². The molecule has 0 radical (unpaired) electrons. The molecule has 3 heterocycles. The van der Waals surface area contributed by atoms with E-state index in [0.717, 1.165) is 12.1 Å². The van der Waals surface area contributed by atoms with Crippen LogP contribution < -0.4 is 25.4 Å². The molecule has 0 bridgehead atoms. The third-order valence-electron chi connectivity index (χ3n) is 7.84. The summed E-state index contributed by atoms with van der Waals surface area (Å²) in [5, 5.41) is 12.5. The Kier molecular flexibility index (Phi) is 8.57. The second kappa shape index (κ2) is 12.0. The Morgan fingerprint density at radius 1 is 1.21 bits per heavy atom. The Morgan fingerprint density at radius 3 is 2.60 bits per heavy atom. The highest BCUT2D eigenvalue weighted by atomic mass is 35.5. The van der Waals surface area contributed by atoms with E-state index >= 15 is 0 Å². The first-order valence-corrected chi connectivity index (χ1v) is 14.1. The van der Waals surface area contributed by atoms with Gasteiger partial charge in [0.25, 0.3) is 0 Å². The van der Waals surface area contributed by atoms with Crippen LogP contribution in [0.3, 0.4) is 0 Å². The van der Waals surface area contributed by atoms with Crippen molar-refractivity contribution in [2.24, 2.45) is 5.41 Å². The second-order valence-corrected chi connectivity index (χ2v) is 11.2. The molecule has 2 aromatic carbocycles. The lowest BCUT2D eigenvalue weighted by molar-refractivity contribution is -0.198. The van der Waals surface area contributed by atoms with Crippen LogP contribution in [0.15, 0.2) is 42.5 Å². The molecule has 0 saturated carbocycles. The van der Waals surface area contributed by atoms with E-state index < -0.39 is 36.0 Å². The molecular weight excluding hydrogens is 594 g/mol. The number of nitrogens with zero attached hydrogens (tertiary/aromatic N) is 3. The SMILES string of the molecule is CCOc1cc(F)cc(-c2cc(Cl)ccc2C(Oc2cc(N3CCC4(CC3)CNC(C(=O)O)C4)nc(N)n2)C(F)(F)F)c1. The molecular formula is C29H30ClF4N5O4. The summed E-state index contributed by atoms with van der Waals surface area (Å²) in [7, 11) is 0. The Labute approximate surface area is 250 Å². The third kappa shape index (κ3) is 6.88. The van der Waals surface area contributed by atoms with Crippen LogP contribution in [0, 0.1) is 11.2 Å². The standard InChI is InChI=1S/C29H30ClF4N5O4/c1-2-42-19-10-16(9-18(31)12-19)21-11-17(30)3-4-20(21)25(29(32,33)34)43-24-13-23(37-27(35)38-24)39-7-5-28(6-8-39)14-22(26(40)41)36-15-28/h3-4,9-13,22,25,36H,2,5-8,14-15H2,1H3,(H,40,41)(H2,35,37,38). The number of carbonyl (C=O) groups is 1. The molecule has 2 unspecified atom stereocenters. The van der Waals surface area contributed by atoms with Crippen molar-refractivity contribution in [3.05, 3.63) is 58.9 Å². The average Bonchev–Trinajstić information content (AvgIpc) is 3.35. The van der Waals surface area contributed by atoms with Gasteiger partial charge in [0.1, 0.15) is 23.4 Å². The summed E-state index contributed by atoms with van der Waals surface area (Å²) < 4.78 is 69.1. The smallest absolute Gasteiger partial charge is 0.429 e. The van der Waals surface area contributed by atoms with E-state index in [4.69, 9.17) is 26.8 Å². The molecule has 230 valence electrons. The van der Waals surface area contributed by atoms with Crippen LogP contribution in [0.2, 0.25) is 5.02 Å². The molecule has 4 N–H and O–H groups in total. The minimum Gasteiger partial charge on any atom is -0.494 e. The van der Waals surface area contributed by atoms with Crippen LogP contribution in [0.1, 0.15) is 37.9 Å². The monoisotopic (exact) mass is 623 g/mol. The molecule has 43 heavy (non-hydrogen) atoms. The van der Waals surface area contributed by atoms with Crippen molar-refractivity contribution in [3.8, 4) is 22.8 Å². The van der Waals surface area contributed by atoms with Gasteiger partial charge in [0.2, 0.25) is 17.9 Å².